The van der Waals surface area contributed by atoms with Gasteiger partial charge >= 0.3 is 0 Å². The molecule has 4 fully saturated rings. The van der Waals surface area contributed by atoms with Gasteiger partial charge in [-0.15, -0.1) is 0 Å². The summed E-state index contributed by atoms with van der Waals surface area (Å²) in [6, 6.07) is 0. The van der Waals surface area contributed by atoms with E-state index >= 15 is 0 Å². The quantitative estimate of drug-likeness (QED) is 0.201. The number of nitrogens with one attached hydrogen (secondary N) is 1. The standard InChI is InChI=1S/C27H44N4O3/c1-17(6-4-5-7-25(34)29-16-30-31-28)21-10-11-22-20-9-8-18-14-19(32)12-13-26(18,2)23(20)15-24(33)27(21,22)3/h5,7,17-24,32-33H,4,6,8-16H2,1-3H3,(H,29,34). The molecular formula is C27H44N4O3. The van der Waals surface area contributed by atoms with Crippen LogP contribution in [-0.2, 0) is 4.79 Å². The Balaban J connectivity index is 1.39. The minimum absolute atomic E-state index is 0.0195. The molecule has 0 bridgehead atoms. The molecular weight excluding hydrogens is 428 g/mol. The van der Waals surface area contributed by atoms with Gasteiger partial charge in [0.15, 0.2) is 0 Å². The van der Waals surface area contributed by atoms with Gasteiger partial charge in [-0.25, -0.2) is 0 Å². The van der Waals surface area contributed by atoms with Crippen molar-refractivity contribution in [1.29, 1.82) is 0 Å². The molecule has 0 aromatic rings. The number of fused-ring (bicyclic) bond motifs is 5. The molecule has 1 amide bonds. The summed E-state index contributed by atoms with van der Waals surface area (Å²) in [6.07, 6.45) is 13.7. The molecule has 3 N–H and O–H groups in total. The van der Waals surface area contributed by atoms with E-state index in [1.54, 1.807) is 0 Å². The maximum Gasteiger partial charge on any atom is 0.243 e. The van der Waals surface area contributed by atoms with Crippen LogP contribution in [0.2, 0.25) is 0 Å². The van der Waals surface area contributed by atoms with E-state index in [1.807, 2.05) is 6.08 Å². The van der Waals surface area contributed by atoms with Gasteiger partial charge in [0.25, 0.3) is 0 Å². The van der Waals surface area contributed by atoms with Gasteiger partial charge < -0.3 is 15.5 Å². The number of hydrogen-bond acceptors (Lipinski definition) is 4. The van der Waals surface area contributed by atoms with Gasteiger partial charge in [0.05, 0.1) is 18.9 Å². The van der Waals surface area contributed by atoms with E-state index in [1.165, 1.54) is 31.8 Å². The lowest BCUT2D eigenvalue weighted by Gasteiger charge is -2.62. The summed E-state index contributed by atoms with van der Waals surface area (Å²) in [5.74, 6) is 3.28. The van der Waals surface area contributed by atoms with E-state index < -0.39 is 0 Å². The van der Waals surface area contributed by atoms with Gasteiger partial charge in [-0.05, 0) is 122 Å². The van der Waals surface area contributed by atoms with Crippen molar-refractivity contribution in [3.63, 3.8) is 0 Å². The summed E-state index contributed by atoms with van der Waals surface area (Å²) in [6.45, 7) is 7.15. The highest BCUT2D eigenvalue weighted by atomic mass is 16.3. The van der Waals surface area contributed by atoms with Crippen LogP contribution >= 0.6 is 0 Å². The zero-order valence-corrected chi connectivity index (χ0v) is 21.2. The molecule has 7 nitrogen and oxygen atoms in total. The third-order valence-electron chi connectivity index (χ3n) is 10.9. The Kier molecular flexibility index (Phi) is 7.66. The number of amides is 1. The number of nitrogens with zero attached hydrogens (tertiary/aromatic N) is 3. The molecule has 4 aliphatic carbocycles. The number of aliphatic hydroxyl groups excluding tert-OH is 2. The lowest BCUT2D eigenvalue weighted by Crippen LogP contribution is -2.58. The van der Waals surface area contributed by atoms with Crippen LogP contribution in [0.25, 0.3) is 10.4 Å². The molecule has 10 unspecified atom stereocenters. The van der Waals surface area contributed by atoms with Crippen LogP contribution in [0.15, 0.2) is 17.3 Å². The smallest absolute Gasteiger partial charge is 0.243 e. The summed E-state index contributed by atoms with van der Waals surface area (Å²) in [5.41, 5.74) is 8.54. The highest BCUT2D eigenvalue weighted by Crippen LogP contribution is 2.68. The number of carbonyl (C=O) groups is 1. The SMILES string of the molecule is CC(CCC=CC(=O)NCN=[N+]=[N-])C1CCC2C3CCC4CC(O)CCC4(C)C3CC(O)C12C. The molecule has 4 saturated carbocycles. The van der Waals surface area contributed by atoms with Gasteiger partial charge in [-0.3, -0.25) is 4.79 Å². The van der Waals surface area contributed by atoms with Crippen molar-refractivity contribution in [2.75, 3.05) is 6.67 Å². The van der Waals surface area contributed by atoms with E-state index in [0.717, 1.165) is 38.5 Å². The molecule has 0 heterocycles. The number of allylic oxidation sites excluding steroid dienone is 1. The molecule has 0 radical (unpaired) electrons. The molecule has 190 valence electrons. The molecule has 7 heteroatoms. The van der Waals surface area contributed by atoms with Crippen molar-refractivity contribution in [2.24, 2.45) is 51.5 Å². The normalized spacial score (nSPS) is 44.4. The van der Waals surface area contributed by atoms with E-state index in [2.05, 4.69) is 36.1 Å². The van der Waals surface area contributed by atoms with Crippen LogP contribution in [0.4, 0.5) is 0 Å². The maximum atomic E-state index is 11.8. The lowest BCUT2D eigenvalue weighted by molar-refractivity contribution is -0.174. The van der Waals surface area contributed by atoms with Crippen molar-refractivity contribution >= 4 is 5.91 Å². The molecule has 0 aromatic heterocycles. The molecule has 0 saturated heterocycles. The van der Waals surface area contributed by atoms with Gasteiger partial charge in [0.1, 0.15) is 0 Å². The summed E-state index contributed by atoms with van der Waals surface area (Å²) in [4.78, 5) is 14.4. The van der Waals surface area contributed by atoms with Crippen LogP contribution in [0.3, 0.4) is 0 Å². The first-order valence-corrected chi connectivity index (χ1v) is 13.5. The second-order valence-corrected chi connectivity index (χ2v) is 12.3. The first kappa shape index (κ1) is 25.5. The summed E-state index contributed by atoms with van der Waals surface area (Å²) >= 11 is 0. The minimum Gasteiger partial charge on any atom is -0.393 e. The Morgan fingerprint density at radius 2 is 1.97 bits per heavy atom. The molecule has 4 rings (SSSR count). The van der Waals surface area contributed by atoms with Crippen molar-refractivity contribution in [3.05, 3.63) is 22.6 Å². The molecule has 0 aliphatic heterocycles. The van der Waals surface area contributed by atoms with Crippen LogP contribution in [0.5, 0.6) is 0 Å². The van der Waals surface area contributed by atoms with Crippen molar-refractivity contribution < 1.29 is 15.0 Å². The maximum absolute atomic E-state index is 11.8. The third-order valence-corrected chi connectivity index (χ3v) is 10.9. The second-order valence-electron chi connectivity index (χ2n) is 12.3. The topological polar surface area (TPSA) is 118 Å². The zero-order valence-electron chi connectivity index (χ0n) is 21.2. The van der Waals surface area contributed by atoms with E-state index in [-0.39, 0.29) is 35.6 Å². The zero-order chi connectivity index (χ0) is 24.5. The van der Waals surface area contributed by atoms with Gasteiger partial charge in [-0.2, -0.15) is 0 Å². The monoisotopic (exact) mass is 472 g/mol. The Labute approximate surface area is 204 Å². The fourth-order valence-corrected chi connectivity index (χ4v) is 9.11. The van der Waals surface area contributed by atoms with Gasteiger partial charge in [0, 0.05) is 4.91 Å². The fraction of sp³-hybridized carbons (Fsp3) is 0.889. The van der Waals surface area contributed by atoms with Crippen LogP contribution in [0, 0.1) is 46.3 Å². The summed E-state index contributed by atoms with van der Waals surface area (Å²) in [7, 11) is 0. The van der Waals surface area contributed by atoms with Crippen molar-refractivity contribution in [1.82, 2.24) is 5.32 Å². The first-order chi connectivity index (χ1) is 16.2. The lowest BCUT2D eigenvalue weighted by atomic mass is 9.43. The van der Waals surface area contributed by atoms with Gasteiger partial charge in [0.2, 0.25) is 5.91 Å². The van der Waals surface area contributed by atoms with Crippen LogP contribution < -0.4 is 5.32 Å². The van der Waals surface area contributed by atoms with E-state index in [4.69, 9.17) is 5.53 Å². The number of aliphatic hydroxyl groups is 2. The Hall–Kier alpha value is -1.56. The number of carbonyl (C=O) groups excluding carboxylic acids is 1. The Morgan fingerprint density at radius 1 is 1.18 bits per heavy atom. The first-order valence-electron chi connectivity index (χ1n) is 13.5. The molecule has 0 aromatic carbocycles. The van der Waals surface area contributed by atoms with Crippen molar-refractivity contribution in [2.45, 2.75) is 97.2 Å². The Bertz CT molecular complexity index is 827. The Morgan fingerprint density at radius 3 is 2.74 bits per heavy atom. The van der Waals surface area contributed by atoms with E-state index in [0.29, 0.717) is 35.5 Å². The second kappa shape index (κ2) is 10.2. The molecule has 4 aliphatic rings. The van der Waals surface area contributed by atoms with Crippen LogP contribution in [0.1, 0.15) is 85.0 Å². The van der Waals surface area contributed by atoms with Crippen LogP contribution in [-0.4, -0.2) is 35.0 Å². The molecule has 0 spiro atoms. The average molecular weight is 473 g/mol. The summed E-state index contributed by atoms with van der Waals surface area (Å²) < 4.78 is 0. The highest BCUT2D eigenvalue weighted by Gasteiger charge is 2.63. The third kappa shape index (κ3) is 4.52. The fourth-order valence-electron chi connectivity index (χ4n) is 9.11. The minimum atomic E-state index is -0.252. The predicted molar refractivity (Wildman–Crippen MR) is 132 cm³/mol. The van der Waals surface area contributed by atoms with Crippen molar-refractivity contribution in [3.8, 4) is 0 Å². The molecule has 34 heavy (non-hydrogen) atoms. The predicted octanol–water partition coefficient (Wildman–Crippen LogP) is 5.33. The largest absolute Gasteiger partial charge is 0.393 e. The number of hydrogen-bond donors (Lipinski definition) is 3. The van der Waals surface area contributed by atoms with E-state index in [9.17, 15) is 15.0 Å². The highest BCUT2D eigenvalue weighted by molar-refractivity contribution is 5.87. The van der Waals surface area contributed by atoms with Gasteiger partial charge in [-0.1, -0.05) is 32.0 Å². The number of azide groups is 1. The average Bonchev–Trinajstić information content (AvgIpc) is 3.17. The summed E-state index contributed by atoms with van der Waals surface area (Å²) in [5, 5.41) is 27.8. The number of rotatable bonds is 7. The molecule has 10 atom stereocenters.